The molecule has 1 aliphatic rings. The van der Waals surface area contributed by atoms with Gasteiger partial charge in [-0.1, -0.05) is 29.8 Å². The SMILES string of the molecule is Cc1cccc(C(CC(=O)O)NC(=O)C2N(C(=O)c3ccc(F)cc3)CCCN2C(=O)c2ccc(F)c(F)c2)c1. The van der Waals surface area contributed by atoms with Crippen molar-refractivity contribution < 1.29 is 37.5 Å². The van der Waals surface area contributed by atoms with E-state index >= 15 is 0 Å². The van der Waals surface area contributed by atoms with Gasteiger partial charge in [0.05, 0.1) is 12.5 Å². The summed E-state index contributed by atoms with van der Waals surface area (Å²) in [5.74, 6) is -6.54. The van der Waals surface area contributed by atoms with Gasteiger partial charge in [0.25, 0.3) is 17.7 Å². The van der Waals surface area contributed by atoms with Crippen molar-refractivity contribution in [1.82, 2.24) is 15.1 Å². The highest BCUT2D eigenvalue weighted by molar-refractivity contribution is 6.01. The number of carboxylic acid groups (broad SMARTS) is 1. The number of carbonyl (C=O) groups excluding carboxylic acids is 3. The number of aryl methyl sites for hydroxylation is 1. The van der Waals surface area contributed by atoms with Gasteiger partial charge in [-0.3, -0.25) is 19.2 Å². The minimum atomic E-state index is -1.56. The maximum atomic E-state index is 14.0. The molecule has 2 unspecified atom stereocenters. The highest BCUT2D eigenvalue weighted by Gasteiger charge is 2.41. The maximum Gasteiger partial charge on any atom is 0.305 e. The first kappa shape index (κ1) is 28.3. The molecular weight excluding hydrogens is 527 g/mol. The molecule has 0 aliphatic carbocycles. The summed E-state index contributed by atoms with van der Waals surface area (Å²) in [6, 6.07) is 13.0. The molecule has 40 heavy (non-hydrogen) atoms. The highest BCUT2D eigenvalue weighted by atomic mass is 19.2. The average molecular weight is 554 g/mol. The lowest BCUT2D eigenvalue weighted by Crippen LogP contribution is -2.63. The predicted octanol–water partition coefficient (Wildman–Crippen LogP) is 4.06. The summed E-state index contributed by atoms with van der Waals surface area (Å²) < 4.78 is 41.0. The van der Waals surface area contributed by atoms with Gasteiger partial charge in [-0.15, -0.1) is 0 Å². The van der Waals surface area contributed by atoms with Crippen molar-refractivity contribution in [2.24, 2.45) is 0 Å². The summed E-state index contributed by atoms with van der Waals surface area (Å²) in [5, 5.41) is 12.2. The zero-order valence-corrected chi connectivity index (χ0v) is 21.4. The number of amides is 3. The minimum absolute atomic E-state index is 0.00282. The Balaban J connectivity index is 1.73. The molecule has 1 aliphatic heterocycles. The molecule has 1 saturated heterocycles. The quantitative estimate of drug-likeness (QED) is 0.459. The largest absolute Gasteiger partial charge is 0.481 e. The smallest absolute Gasteiger partial charge is 0.305 e. The summed E-state index contributed by atoms with van der Waals surface area (Å²) >= 11 is 0. The number of nitrogens with zero attached hydrogens (tertiary/aromatic N) is 2. The van der Waals surface area contributed by atoms with Crippen LogP contribution < -0.4 is 5.32 Å². The van der Waals surface area contributed by atoms with Gasteiger partial charge in [0.15, 0.2) is 17.8 Å². The van der Waals surface area contributed by atoms with E-state index in [0.717, 1.165) is 39.6 Å². The van der Waals surface area contributed by atoms with Gasteiger partial charge in [-0.25, -0.2) is 13.2 Å². The van der Waals surface area contributed by atoms with Crippen LogP contribution >= 0.6 is 0 Å². The topological polar surface area (TPSA) is 107 Å². The van der Waals surface area contributed by atoms with E-state index in [1.165, 1.54) is 12.1 Å². The van der Waals surface area contributed by atoms with Crippen molar-refractivity contribution in [3.63, 3.8) is 0 Å². The number of hydrogen-bond donors (Lipinski definition) is 2. The molecule has 2 N–H and O–H groups in total. The molecule has 8 nitrogen and oxygen atoms in total. The summed E-state index contributed by atoms with van der Waals surface area (Å²) in [6.45, 7) is 1.84. The van der Waals surface area contributed by atoms with Gasteiger partial charge in [-0.05, 0) is 61.4 Å². The predicted molar refractivity (Wildman–Crippen MR) is 138 cm³/mol. The fourth-order valence-corrected chi connectivity index (χ4v) is 4.65. The average Bonchev–Trinajstić information content (AvgIpc) is 2.93. The Morgan fingerprint density at radius 2 is 1.50 bits per heavy atom. The van der Waals surface area contributed by atoms with Gasteiger partial charge in [0.2, 0.25) is 0 Å². The Labute approximate surface area is 228 Å². The van der Waals surface area contributed by atoms with Crippen LogP contribution in [0.5, 0.6) is 0 Å². The van der Waals surface area contributed by atoms with E-state index in [0.29, 0.717) is 11.6 Å². The molecule has 2 atom stereocenters. The van der Waals surface area contributed by atoms with Crippen LogP contribution in [-0.4, -0.2) is 57.9 Å². The molecule has 3 aromatic rings. The Bertz CT molecular complexity index is 1450. The molecule has 11 heteroatoms. The van der Waals surface area contributed by atoms with Gasteiger partial charge in [0, 0.05) is 24.2 Å². The lowest BCUT2D eigenvalue weighted by molar-refractivity contribution is -0.138. The third-order valence-electron chi connectivity index (χ3n) is 6.54. The lowest BCUT2D eigenvalue weighted by atomic mass is 10.0. The van der Waals surface area contributed by atoms with Gasteiger partial charge < -0.3 is 20.2 Å². The first-order chi connectivity index (χ1) is 19.0. The van der Waals surface area contributed by atoms with Crippen LogP contribution in [0.1, 0.15) is 50.7 Å². The molecule has 4 rings (SSSR count). The molecule has 3 amide bonds. The number of hydrogen-bond acceptors (Lipinski definition) is 4. The standard InChI is InChI=1S/C29H26F3N3O5/c1-17-4-2-5-19(14-17)24(16-25(36)37)33-26(38)27-34(28(39)18-6-9-21(30)10-7-18)12-3-13-35(27)29(40)20-8-11-22(31)23(32)15-20/h2,4-11,14-15,24,27H,3,12-13,16H2,1H3,(H,33,38)(H,36,37). The van der Waals surface area contributed by atoms with Crippen molar-refractivity contribution in [1.29, 1.82) is 0 Å². The fraction of sp³-hybridized carbons (Fsp3) is 0.241. The Morgan fingerprint density at radius 3 is 2.10 bits per heavy atom. The highest BCUT2D eigenvalue weighted by Crippen LogP contribution is 2.24. The molecule has 0 bridgehead atoms. The zero-order valence-electron chi connectivity index (χ0n) is 21.4. The number of aliphatic carboxylic acids is 1. The molecule has 1 heterocycles. The van der Waals surface area contributed by atoms with Crippen molar-refractivity contribution in [3.8, 4) is 0 Å². The fourth-order valence-electron chi connectivity index (χ4n) is 4.65. The summed E-state index contributed by atoms with van der Waals surface area (Å²) in [4.78, 5) is 54.6. The minimum Gasteiger partial charge on any atom is -0.481 e. The van der Waals surface area contributed by atoms with Crippen LogP contribution in [0.15, 0.2) is 66.7 Å². The number of benzene rings is 3. The van der Waals surface area contributed by atoms with Crippen LogP contribution in [0.2, 0.25) is 0 Å². The summed E-state index contributed by atoms with van der Waals surface area (Å²) in [7, 11) is 0. The molecule has 1 fully saturated rings. The third-order valence-corrected chi connectivity index (χ3v) is 6.54. The van der Waals surface area contributed by atoms with Gasteiger partial charge in [0.1, 0.15) is 5.82 Å². The van der Waals surface area contributed by atoms with Crippen molar-refractivity contribution >= 4 is 23.7 Å². The molecule has 0 saturated carbocycles. The van der Waals surface area contributed by atoms with Gasteiger partial charge >= 0.3 is 5.97 Å². The van der Waals surface area contributed by atoms with Crippen molar-refractivity contribution in [2.75, 3.05) is 13.1 Å². The van der Waals surface area contributed by atoms with E-state index in [1.54, 1.807) is 31.2 Å². The van der Waals surface area contributed by atoms with Crippen molar-refractivity contribution in [2.45, 2.75) is 32.0 Å². The van der Waals surface area contributed by atoms with E-state index in [9.17, 15) is 37.5 Å². The third kappa shape index (κ3) is 6.31. The van der Waals surface area contributed by atoms with E-state index in [2.05, 4.69) is 5.32 Å². The van der Waals surface area contributed by atoms with Gasteiger partial charge in [-0.2, -0.15) is 0 Å². The number of carbonyl (C=O) groups is 4. The number of rotatable bonds is 7. The number of halogens is 3. The summed E-state index contributed by atoms with van der Waals surface area (Å²) in [5.41, 5.74) is 1.14. The van der Waals surface area contributed by atoms with Crippen LogP contribution in [0.3, 0.4) is 0 Å². The first-order valence-electron chi connectivity index (χ1n) is 12.5. The Morgan fingerprint density at radius 1 is 0.875 bits per heavy atom. The first-order valence-corrected chi connectivity index (χ1v) is 12.5. The van der Waals surface area contributed by atoms with Crippen LogP contribution in [0.25, 0.3) is 0 Å². The van der Waals surface area contributed by atoms with Crippen LogP contribution in [0, 0.1) is 24.4 Å². The monoisotopic (exact) mass is 553 g/mol. The van der Waals surface area contributed by atoms with Crippen molar-refractivity contribution in [3.05, 3.63) is 106 Å². The zero-order chi connectivity index (χ0) is 29.0. The van der Waals surface area contributed by atoms with Crippen LogP contribution in [0.4, 0.5) is 13.2 Å². The lowest BCUT2D eigenvalue weighted by Gasteiger charge is -2.43. The molecule has 0 spiro atoms. The maximum absolute atomic E-state index is 14.0. The molecule has 0 aromatic heterocycles. The second-order valence-electron chi connectivity index (χ2n) is 9.43. The summed E-state index contributed by atoms with van der Waals surface area (Å²) in [6.07, 6.45) is -1.79. The van der Waals surface area contributed by atoms with Crippen LogP contribution in [-0.2, 0) is 9.59 Å². The molecule has 3 aromatic carbocycles. The second-order valence-corrected chi connectivity index (χ2v) is 9.43. The second kappa shape index (κ2) is 12.0. The van der Waals surface area contributed by atoms with E-state index in [4.69, 9.17) is 0 Å². The Hall–Kier alpha value is -4.67. The molecule has 208 valence electrons. The normalized spacial score (nSPS) is 15.8. The number of carboxylic acids is 1. The van der Waals surface area contributed by atoms with E-state index in [-0.39, 0.29) is 30.6 Å². The van der Waals surface area contributed by atoms with E-state index < -0.39 is 59.8 Å². The molecule has 0 radical (unpaired) electrons. The Kier molecular flexibility index (Phi) is 8.52. The molecular formula is C29H26F3N3O5. The van der Waals surface area contributed by atoms with E-state index in [1.807, 2.05) is 0 Å². The number of nitrogens with one attached hydrogen (secondary N) is 1.